The van der Waals surface area contributed by atoms with Crippen LogP contribution in [0.3, 0.4) is 0 Å². The molecule has 0 amide bonds. The number of hydrogen-bond acceptors (Lipinski definition) is 4. The molecule has 1 fully saturated rings. The molecule has 26 heavy (non-hydrogen) atoms. The topological polar surface area (TPSA) is 84.0 Å². The van der Waals surface area contributed by atoms with E-state index in [0.717, 1.165) is 36.8 Å². The van der Waals surface area contributed by atoms with Gasteiger partial charge >= 0.3 is 0 Å². The summed E-state index contributed by atoms with van der Waals surface area (Å²) in [4.78, 5) is 2.29. The predicted octanol–water partition coefficient (Wildman–Crippen LogP) is 3.02. The number of anilines is 1. The van der Waals surface area contributed by atoms with E-state index in [1.165, 1.54) is 0 Å². The molecular weight excluding hydrogens is 343 g/mol. The SMILES string of the molecule is C.Nc1n[nH]c2c1CN([C@H]1CCC(c3cc(F)c(F)cc3F)[C@@H](N)C1)C2. The van der Waals surface area contributed by atoms with Crippen molar-refractivity contribution in [1.29, 1.82) is 0 Å². The molecule has 2 aromatic rings. The van der Waals surface area contributed by atoms with E-state index in [4.69, 9.17) is 11.5 Å². The first-order chi connectivity index (χ1) is 11.9. The van der Waals surface area contributed by atoms with Gasteiger partial charge in [-0.15, -0.1) is 0 Å². The molecule has 1 aliphatic carbocycles. The molecule has 0 saturated heterocycles. The molecule has 1 aliphatic heterocycles. The zero-order valence-corrected chi connectivity index (χ0v) is 13.6. The fourth-order valence-corrected chi connectivity index (χ4v) is 4.17. The van der Waals surface area contributed by atoms with Gasteiger partial charge in [0.2, 0.25) is 0 Å². The quantitative estimate of drug-likeness (QED) is 0.713. The molecule has 1 saturated carbocycles. The molecule has 0 bridgehead atoms. The number of hydrogen-bond donors (Lipinski definition) is 3. The highest BCUT2D eigenvalue weighted by atomic mass is 19.2. The Morgan fingerprint density at radius 3 is 2.50 bits per heavy atom. The molecule has 5 N–H and O–H groups in total. The molecule has 0 radical (unpaired) electrons. The largest absolute Gasteiger partial charge is 0.382 e. The summed E-state index contributed by atoms with van der Waals surface area (Å²) in [6.07, 6.45) is 2.11. The number of aromatic nitrogens is 2. The lowest BCUT2D eigenvalue weighted by molar-refractivity contribution is 0.136. The third-order valence-electron chi connectivity index (χ3n) is 5.53. The van der Waals surface area contributed by atoms with Crippen LogP contribution in [0.25, 0.3) is 0 Å². The number of nitrogen functional groups attached to an aromatic ring is 1. The molecule has 2 aliphatic rings. The number of halogens is 3. The monoisotopic (exact) mass is 367 g/mol. The van der Waals surface area contributed by atoms with Crippen LogP contribution in [0.1, 0.15) is 49.4 Å². The van der Waals surface area contributed by atoms with E-state index in [1.807, 2.05) is 0 Å². The summed E-state index contributed by atoms with van der Waals surface area (Å²) in [5.41, 5.74) is 14.4. The molecular formula is C18H24F3N5. The Hall–Kier alpha value is -2.06. The molecule has 2 heterocycles. The Bertz CT molecular complexity index is 806. The number of nitrogens with one attached hydrogen (secondary N) is 1. The maximum Gasteiger partial charge on any atom is 0.161 e. The Labute approximate surface area is 150 Å². The number of nitrogens with zero attached hydrogens (tertiary/aromatic N) is 2. The zero-order valence-electron chi connectivity index (χ0n) is 13.6. The summed E-state index contributed by atoms with van der Waals surface area (Å²) in [6, 6.07) is 1.49. The van der Waals surface area contributed by atoms with Crippen molar-refractivity contribution in [3.05, 3.63) is 46.4 Å². The Kier molecular flexibility index (Phi) is 4.98. The van der Waals surface area contributed by atoms with Crippen molar-refractivity contribution in [2.24, 2.45) is 5.73 Å². The summed E-state index contributed by atoms with van der Waals surface area (Å²) in [5, 5.41) is 6.95. The number of nitrogens with two attached hydrogens (primary N) is 2. The van der Waals surface area contributed by atoms with Crippen LogP contribution in [-0.4, -0.2) is 27.2 Å². The van der Waals surface area contributed by atoms with Crippen molar-refractivity contribution in [2.75, 3.05) is 5.73 Å². The second kappa shape index (κ2) is 6.92. The zero-order chi connectivity index (χ0) is 17.7. The number of fused-ring (bicyclic) bond motifs is 1. The lowest BCUT2D eigenvalue weighted by atomic mass is 9.77. The van der Waals surface area contributed by atoms with Crippen LogP contribution in [0.4, 0.5) is 19.0 Å². The van der Waals surface area contributed by atoms with Crippen LogP contribution in [0.5, 0.6) is 0 Å². The summed E-state index contributed by atoms with van der Waals surface area (Å²) in [7, 11) is 0. The molecule has 142 valence electrons. The van der Waals surface area contributed by atoms with E-state index in [0.29, 0.717) is 24.7 Å². The molecule has 1 aromatic heterocycles. The summed E-state index contributed by atoms with van der Waals surface area (Å²) < 4.78 is 40.7. The fraction of sp³-hybridized carbons (Fsp3) is 0.500. The minimum Gasteiger partial charge on any atom is -0.382 e. The fourth-order valence-electron chi connectivity index (χ4n) is 4.17. The van der Waals surface area contributed by atoms with Crippen LogP contribution in [0.15, 0.2) is 12.1 Å². The molecule has 5 nitrogen and oxygen atoms in total. The van der Waals surface area contributed by atoms with Gasteiger partial charge in [0, 0.05) is 42.7 Å². The van der Waals surface area contributed by atoms with Gasteiger partial charge in [-0.2, -0.15) is 5.10 Å². The van der Waals surface area contributed by atoms with Gasteiger partial charge in [-0.25, -0.2) is 13.2 Å². The predicted molar refractivity (Wildman–Crippen MR) is 93.6 cm³/mol. The van der Waals surface area contributed by atoms with Gasteiger partial charge in [0.15, 0.2) is 11.6 Å². The molecule has 8 heteroatoms. The summed E-state index contributed by atoms with van der Waals surface area (Å²) in [6.45, 7) is 1.46. The molecule has 3 atom stereocenters. The van der Waals surface area contributed by atoms with Crippen LogP contribution in [-0.2, 0) is 13.1 Å². The number of rotatable bonds is 2. The van der Waals surface area contributed by atoms with Crippen molar-refractivity contribution in [2.45, 2.75) is 57.8 Å². The van der Waals surface area contributed by atoms with Gasteiger partial charge in [0.1, 0.15) is 11.6 Å². The van der Waals surface area contributed by atoms with E-state index in [2.05, 4.69) is 15.1 Å². The van der Waals surface area contributed by atoms with Crippen LogP contribution in [0, 0.1) is 17.5 Å². The Balaban J connectivity index is 0.00000196. The second-order valence-electron chi connectivity index (χ2n) is 7.00. The highest BCUT2D eigenvalue weighted by molar-refractivity contribution is 5.44. The molecule has 4 rings (SSSR count). The number of benzene rings is 1. The van der Waals surface area contributed by atoms with E-state index in [-0.39, 0.29) is 31.0 Å². The third kappa shape index (κ3) is 3.07. The van der Waals surface area contributed by atoms with Crippen molar-refractivity contribution >= 4 is 5.82 Å². The number of H-pyrrole nitrogens is 1. The average Bonchev–Trinajstić information content (AvgIpc) is 3.14. The Morgan fingerprint density at radius 1 is 1.08 bits per heavy atom. The molecule has 0 spiro atoms. The van der Waals surface area contributed by atoms with Crippen molar-refractivity contribution in [3.8, 4) is 0 Å². The number of aromatic amines is 1. The first-order valence-electron chi connectivity index (χ1n) is 8.39. The summed E-state index contributed by atoms with van der Waals surface area (Å²) in [5.74, 6) is -2.72. The Morgan fingerprint density at radius 2 is 1.81 bits per heavy atom. The summed E-state index contributed by atoms with van der Waals surface area (Å²) >= 11 is 0. The van der Waals surface area contributed by atoms with E-state index < -0.39 is 17.5 Å². The third-order valence-corrected chi connectivity index (χ3v) is 5.53. The minimum absolute atomic E-state index is 0. The smallest absolute Gasteiger partial charge is 0.161 e. The van der Waals surface area contributed by atoms with Gasteiger partial charge in [0.25, 0.3) is 0 Å². The normalized spacial score (nSPS) is 25.8. The highest BCUT2D eigenvalue weighted by Crippen LogP contribution is 2.38. The maximum atomic E-state index is 14.1. The maximum absolute atomic E-state index is 14.1. The molecule has 1 unspecified atom stereocenters. The van der Waals surface area contributed by atoms with Crippen LogP contribution >= 0.6 is 0 Å². The van der Waals surface area contributed by atoms with Crippen LogP contribution < -0.4 is 11.5 Å². The lowest BCUT2D eigenvalue weighted by Gasteiger charge is -2.38. The van der Waals surface area contributed by atoms with E-state index in [9.17, 15) is 13.2 Å². The van der Waals surface area contributed by atoms with E-state index in [1.54, 1.807) is 0 Å². The van der Waals surface area contributed by atoms with Gasteiger partial charge in [-0.1, -0.05) is 7.43 Å². The van der Waals surface area contributed by atoms with Gasteiger partial charge in [0.05, 0.1) is 5.69 Å². The van der Waals surface area contributed by atoms with Gasteiger partial charge in [-0.3, -0.25) is 10.00 Å². The van der Waals surface area contributed by atoms with E-state index >= 15 is 0 Å². The van der Waals surface area contributed by atoms with Crippen molar-refractivity contribution in [3.63, 3.8) is 0 Å². The lowest BCUT2D eigenvalue weighted by Crippen LogP contribution is -2.44. The van der Waals surface area contributed by atoms with Crippen molar-refractivity contribution in [1.82, 2.24) is 15.1 Å². The first kappa shape index (κ1) is 18.7. The van der Waals surface area contributed by atoms with Crippen molar-refractivity contribution < 1.29 is 13.2 Å². The molecule has 1 aromatic carbocycles. The van der Waals surface area contributed by atoms with Gasteiger partial charge < -0.3 is 11.5 Å². The highest BCUT2D eigenvalue weighted by Gasteiger charge is 2.36. The second-order valence-corrected chi connectivity index (χ2v) is 7.00. The standard InChI is InChI=1S/C17H20F3N5.CH4/c18-12-5-14(20)13(19)4-10(12)9-2-1-8(3-15(9)21)25-6-11-16(7-25)23-24-17(11)22;/h4-5,8-9,15H,1-3,6-7,21H2,(H3,22,23,24);1H4/t8-,9?,15-;/m0./s1. The van der Waals surface area contributed by atoms with Crippen LogP contribution in [0.2, 0.25) is 0 Å². The average molecular weight is 367 g/mol. The van der Waals surface area contributed by atoms with Gasteiger partial charge in [-0.05, 0) is 30.9 Å². The first-order valence-corrected chi connectivity index (χ1v) is 8.39. The minimum atomic E-state index is -1.17.